The molecule has 0 bridgehead atoms. The van der Waals surface area contributed by atoms with Crippen molar-refractivity contribution >= 4 is 0 Å². The van der Waals surface area contributed by atoms with Crippen molar-refractivity contribution in [2.75, 3.05) is 6.61 Å². The van der Waals surface area contributed by atoms with Gasteiger partial charge in [0, 0.05) is 12.0 Å². The van der Waals surface area contributed by atoms with Crippen molar-refractivity contribution < 1.29 is 9.47 Å². The van der Waals surface area contributed by atoms with Crippen LogP contribution in [0.1, 0.15) is 55.6 Å². The molecule has 3 heteroatoms. The third-order valence-electron chi connectivity index (χ3n) is 7.32. The van der Waals surface area contributed by atoms with Crippen LogP contribution in [0.2, 0.25) is 0 Å². The van der Waals surface area contributed by atoms with Crippen LogP contribution in [-0.4, -0.2) is 30.9 Å². The lowest BCUT2D eigenvalue weighted by Gasteiger charge is -2.33. The predicted molar refractivity (Wildman–Crippen MR) is 116 cm³/mol. The quantitative estimate of drug-likeness (QED) is 0.715. The first-order valence-corrected chi connectivity index (χ1v) is 11.4. The molecule has 1 saturated heterocycles. The highest BCUT2D eigenvalue weighted by molar-refractivity contribution is 5.20. The van der Waals surface area contributed by atoms with E-state index in [1.165, 1.54) is 49.7 Å². The number of hydrogen-bond acceptors (Lipinski definition) is 3. The lowest BCUT2D eigenvalue weighted by atomic mass is 9.78. The highest BCUT2D eigenvalue weighted by atomic mass is 16.5. The van der Waals surface area contributed by atoms with E-state index in [-0.39, 0.29) is 6.10 Å². The van der Waals surface area contributed by atoms with E-state index in [1.54, 1.807) is 0 Å². The molecule has 3 aliphatic rings. The molecule has 1 unspecified atom stereocenters. The zero-order chi connectivity index (χ0) is 19.5. The summed E-state index contributed by atoms with van der Waals surface area (Å²) in [4.78, 5) is 0. The van der Waals surface area contributed by atoms with Crippen molar-refractivity contribution in [2.24, 2.45) is 5.92 Å². The lowest BCUT2D eigenvalue weighted by molar-refractivity contribution is -0.0446. The van der Waals surface area contributed by atoms with Gasteiger partial charge in [-0.25, -0.2) is 0 Å². The molecule has 2 aromatic rings. The summed E-state index contributed by atoms with van der Waals surface area (Å²) in [5.74, 6) is 1.37. The molecule has 154 valence electrons. The molecule has 0 spiro atoms. The summed E-state index contributed by atoms with van der Waals surface area (Å²) in [6.07, 6.45) is 8.10. The van der Waals surface area contributed by atoms with Gasteiger partial charge >= 0.3 is 0 Å². The topological polar surface area (TPSA) is 30.5 Å². The fraction of sp³-hybridized carbons (Fsp3) is 0.538. The first-order chi connectivity index (χ1) is 14.4. The third-order valence-corrected chi connectivity index (χ3v) is 7.32. The Morgan fingerprint density at radius 2 is 1.48 bits per heavy atom. The molecule has 2 saturated carbocycles. The van der Waals surface area contributed by atoms with E-state index in [1.807, 2.05) is 0 Å². The Morgan fingerprint density at radius 3 is 2.17 bits per heavy atom. The minimum absolute atomic E-state index is 0.287. The standard InChI is InChI=1S/C26H33NO2/c1-3-7-19(8-4-1)17-29-26-23-15-16-24(23)27-25(26)18-28-22-13-11-21(12-14-22)20-9-5-2-6-10-20/h1-10,21-27H,11-18H2/t21-,22+,23-,24+,25-,26?/m0/s1. The maximum atomic E-state index is 6.42. The number of ether oxygens (including phenoxy) is 2. The average molecular weight is 392 g/mol. The molecular formula is C26H33NO2. The van der Waals surface area contributed by atoms with E-state index >= 15 is 0 Å². The third kappa shape index (κ3) is 4.42. The Balaban J connectivity index is 1.11. The van der Waals surface area contributed by atoms with Gasteiger partial charge in [0.05, 0.1) is 31.5 Å². The molecule has 3 nitrogen and oxygen atoms in total. The zero-order valence-corrected chi connectivity index (χ0v) is 17.2. The van der Waals surface area contributed by atoms with Crippen LogP contribution >= 0.6 is 0 Å². The smallest absolute Gasteiger partial charge is 0.0798 e. The van der Waals surface area contributed by atoms with Crippen LogP contribution in [0.4, 0.5) is 0 Å². The Bertz CT molecular complexity index is 757. The Hall–Kier alpha value is -1.68. The SMILES string of the molecule is c1ccc(COC2[C@H](CO[C@H]3CC[C@@H](c4ccccc4)CC3)N[C@@H]3CC[C@H]23)cc1. The second kappa shape index (κ2) is 8.99. The van der Waals surface area contributed by atoms with E-state index in [0.717, 1.165) is 6.61 Å². The molecule has 5 rings (SSSR count). The van der Waals surface area contributed by atoms with Crippen LogP contribution in [0, 0.1) is 5.92 Å². The Kier molecular flexibility index (Phi) is 5.98. The summed E-state index contributed by atoms with van der Waals surface area (Å²) in [6, 6.07) is 22.5. The van der Waals surface area contributed by atoms with E-state index in [2.05, 4.69) is 66.0 Å². The van der Waals surface area contributed by atoms with Crippen LogP contribution in [0.3, 0.4) is 0 Å². The highest BCUT2D eigenvalue weighted by Crippen LogP contribution is 2.40. The Morgan fingerprint density at radius 1 is 0.759 bits per heavy atom. The zero-order valence-electron chi connectivity index (χ0n) is 17.2. The molecular weight excluding hydrogens is 358 g/mol. The van der Waals surface area contributed by atoms with E-state index < -0.39 is 0 Å². The number of nitrogens with one attached hydrogen (secondary N) is 1. The van der Waals surface area contributed by atoms with Gasteiger partial charge in [-0.3, -0.25) is 0 Å². The molecule has 1 heterocycles. The monoisotopic (exact) mass is 391 g/mol. The van der Waals surface area contributed by atoms with E-state index in [4.69, 9.17) is 9.47 Å². The molecule has 3 fully saturated rings. The van der Waals surface area contributed by atoms with Gasteiger partial charge in [-0.05, 0) is 55.6 Å². The summed E-state index contributed by atoms with van der Waals surface area (Å²) >= 11 is 0. The maximum absolute atomic E-state index is 6.42. The molecule has 29 heavy (non-hydrogen) atoms. The Labute approximate surface area is 174 Å². The van der Waals surface area contributed by atoms with Crippen LogP contribution in [0.5, 0.6) is 0 Å². The normalized spacial score (nSPS) is 33.8. The number of fused-ring (bicyclic) bond motifs is 1. The molecule has 0 aromatic heterocycles. The van der Waals surface area contributed by atoms with Gasteiger partial charge in [0.15, 0.2) is 0 Å². The molecule has 1 N–H and O–H groups in total. The summed E-state index contributed by atoms with van der Waals surface area (Å²) in [6.45, 7) is 1.49. The summed E-state index contributed by atoms with van der Waals surface area (Å²) < 4.78 is 12.8. The van der Waals surface area contributed by atoms with Gasteiger partial charge in [0.25, 0.3) is 0 Å². The molecule has 4 atom stereocenters. The van der Waals surface area contributed by atoms with Crippen LogP contribution < -0.4 is 5.32 Å². The average Bonchev–Trinajstić information content (AvgIpc) is 3.01. The molecule has 2 aromatic carbocycles. The van der Waals surface area contributed by atoms with Gasteiger partial charge in [-0.2, -0.15) is 0 Å². The molecule has 0 amide bonds. The highest BCUT2D eigenvalue weighted by Gasteiger charge is 2.48. The molecule has 1 aliphatic heterocycles. The van der Waals surface area contributed by atoms with Crippen molar-refractivity contribution in [3.05, 3.63) is 71.8 Å². The van der Waals surface area contributed by atoms with Crippen molar-refractivity contribution in [1.82, 2.24) is 5.32 Å². The minimum Gasteiger partial charge on any atom is -0.376 e. The first-order valence-electron chi connectivity index (χ1n) is 11.4. The van der Waals surface area contributed by atoms with Crippen molar-refractivity contribution in [2.45, 2.75) is 75.3 Å². The van der Waals surface area contributed by atoms with Crippen molar-refractivity contribution in [1.29, 1.82) is 0 Å². The number of hydrogen-bond donors (Lipinski definition) is 1. The van der Waals surface area contributed by atoms with Crippen LogP contribution in [0.15, 0.2) is 60.7 Å². The van der Waals surface area contributed by atoms with E-state index in [0.29, 0.717) is 36.6 Å². The fourth-order valence-electron chi connectivity index (χ4n) is 5.47. The number of benzene rings is 2. The van der Waals surface area contributed by atoms with Gasteiger partial charge in [-0.1, -0.05) is 60.7 Å². The summed E-state index contributed by atoms with van der Waals surface area (Å²) in [5.41, 5.74) is 2.75. The van der Waals surface area contributed by atoms with E-state index in [9.17, 15) is 0 Å². The predicted octanol–water partition coefficient (Wildman–Crippen LogP) is 5.07. The van der Waals surface area contributed by atoms with Gasteiger partial charge in [0.1, 0.15) is 0 Å². The molecule has 2 aliphatic carbocycles. The van der Waals surface area contributed by atoms with Gasteiger partial charge < -0.3 is 14.8 Å². The summed E-state index contributed by atoms with van der Waals surface area (Å²) in [5, 5.41) is 3.80. The second-order valence-electron chi connectivity index (χ2n) is 9.10. The van der Waals surface area contributed by atoms with Crippen molar-refractivity contribution in [3.8, 4) is 0 Å². The van der Waals surface area contributed by atoms with Crippen LogP contribution in [0.25, 0.3) is 0 Å². The van der Waals surface area contributed by atoms with Crippen molar-refractivity contribution in [3.63, 3.8) is 0 Å². The van der Waals surface area contributed by atoms with Gasteiger partial charge in [-0.15, -0.1) is 0 Å². The fourth-order valence-corrected chi connectivity index (χ4v) is 5.47. The minimum atomic E-state index is 0.287. The lowest BCUT2D eigenvalue weighted by Crippen LogP contribution is -2.39. The van der Waals surface area contributed by atoms with Crippen LogP contribution in [-0.2, 0) is 16.1 Å². The maximum Gasteiger partial charge on any atom is 0.0798 e. The largest absolute Gasteiger partial charge is 0.376 e. The van der Waals surface area contributed by atoms with Gasteiger partial charge in [0.2, 0.25) is 0 Å². The molecule has 0 radical (unpaired) electrons. The first kappa shape index (κ1) is 19.3. The summed E-state index contributed by atoms with van der Waals surface area (Å²) in [7, 11) is 0. The number of rotatable bonds is 7. The second-order valence-corrected chi connectivity index (χ2v) is 9.10.